The molecule has 2 rings (SSSR count). The van der Waals surface area contributed by atoms with Gasteiger partial charge in [0.1, 0.15) is 11.4 Å². The van der Waals surface area contributed by atoms with Gasteiger partial charge in [0, 0.05) is 6.21 Å². The molecule has 7 heteroatoms. The molecular weight excluding hydrogens is 241 g/mol. The van der Waals surface area contributed by atoms with Crippen LogP contribution in [0.25, 0.3) is 0 Å². The maximum absolute atomic E-state index is 12.6. The number of aromatic amines is 2. The molecule has 92 valence electrons. The predicted octanol–water partition coefficient (Wildman–Crippen LogP) is 0.659. The minimum absolute atomic E-state index is 0.182. The molecule has 0 amide bonds. The van der Waals surface area contributed by atoms with Crippen molar-refractivity contribution in [1.82, 2.24) is 9.97 Å². The first-order chi connectivity index (χ1) is 8.56. The Bertz CT molecular complexity index is 701. The molecule has 1 aromatic carbocycles. The first-order valence-electron chi connectivity index (χ1n) is 4.91. The summed E-state index contributed by atoms with van der Waals surface area (Å²) >= 11 is 0. The van der Waals surface area contributed by atoms with E-state index in [1.54, 1.807) is 0 Å². The Morgan fingerprint density at radius 1 is 1.17 bits per heavy atom. The highest BCUT2D eigenvalue weighted by Crippen LogP contribution is 2.12. The van der Waals surface area contributed by atoms with Crippen molar-refractivity contribution in [3.05, 3.63) is 56.5 Å². The second kappa shape index (κ2) is 4.66. The second-order valence-electron chi connectivity index (χ2n) is 3.41. The van der Waals surface area contributed by atoms with Crippen molar-refractivity contribution in [2.24, 2.45) is 4.99 Å². The molecule has 0 radical (unpaired) electrons. The van der Waals surface area contributed by atoms with Crippen LogP contribution in [0.4, 0.5) is 10.1 Å². The van der Waals surface area contributed by atoms with Crippen LogP contribution in [0.2, 0.25) is 0 Å². The van der Waals surface area contributed by atoms with Gasteiger partial charge in [-0.2, -0.15) is 0 Å². The van der Waals surface area contributed by atoms with E-state index in [0.717, 1.165) is 6.21 Å². The van der Waals surface area contributed by atoms with Crippen molar-refractivity contribution in [3.63, 3.8) is 0 Å². The number of halogens is 1. The minimum atomic E-state index is -0.809. The van der Waals surface area contributed by atoms with Gasteiger partial charge in [-0.1, -0.05) is 0 Å². The molecule has 6 nitrogen and oxygen atoms in total. The molecule has 0 atom stereocenters. The number of hydrogen-bond donors (Lipinski definition) is 3. The molecule has 0 aliphatic heterocycles. The molecule has 2 aromatic rings. The summed E-state index contributed by atoms with van der Waals surface area (Å²) in [6, 6.07) is 5.23. The summed E-state index contributed by atoms with van der Waals surface area (Å²) in [7, 11) is 0. The van der Waals surface area contributed by atoms with Crippen LogP contribution >= 0.6 is 0 Å². The summed E-state index contributed by atoms with van der Waals surface area (Å²) in [5, 5.41) is 9.37. The molecule has 0 saturated heterocycles. The lowest BCUT2D eigenvalue weighted by Crippen LogP contribution is -2.24. The van der Waals surface area contributed by atoms with Crippen LogP contribution < -0.4 is 11.2 Å². The Balaban J connectivity index is 2.38. The van der Waals surface area contributed by atoms with E-state index >= 15 is 0 Å². The standard InChI is InChI=1S/C11H8FN3O3/c12-6-1-3-7(4-2-6)13-5-8-9(16)14-11(18)15-10(8)17/h1-5H,(H3,14,15,16,17,18). The lowest BCUT2D eigenvalue weighted by Gasteiger charge is -1.96. The number of hydrogen-bond acceptors (Lipinski definition) is 4. The zero-order chi connectivity index (χ0) is 13.1. The van der Waals surface area contributed by atoms with E-state index in [1.807, 2.05) is 9.97 Å². The lowest BCUT2D eigenvalue weighted by molar-refractivity contribution is 0.447. The van der Waals surface area contributed by atoms with Crippen molar-refractivity contribution in [2.45, 2.75) is 0 Å². The fourth-order valence-electron chi connectivity index (χ4n) is 1.27. The molecule has 0 saturated carbocycles. The Morgan fingerprint density at radius 2 is 1.83 bits per heavy atom. The van der Waals surface area contributed by atoms with Gasteiger partial charge in [-0.25, -0.2) is 9.18 Å². The van der Waals surface area contributed by atoms with E-state index < -0.39 is 22.9 Å². The fraction of sp³-hybridized carbons (Fsp3) is 0. The molecule has 18 heavy (non-hydrogen) atoms. The van der Waals surface area contributed by atoms with E-state index in [9.17, 15) is 19.1 Å². The van der Waals surface area contributed by atoms with Gasteiger partial charge in [0.25, 0.3) is 5.56 Å². The third-order valence-corrected chi connectivity index (χ3v) is 2.13. The highest BCUT2D eigenvalue weighted by atomic mass is 19.1. The van der Waals surface area contributed by atoms with Crippen LogP contribution in [-0.4, -0.2) is 21.3 Å². The van der Waals surface area contributed by atoms with Gasteiger partial charge in [0.2, 0.25) is 5.88 Å². The number of aliphatic imine (C=N–C) groups is 1. The molecule has 0 fully saturated rings. The SMILES string of the molecule is O=c1[nH]c(O)c(C=Nc2ccc(F)cc2)c(=O)[nH]1. The fourth-order valence-corrected chi connectivity index (χ4v) is 1.27. The maximum atomic E-state index is 12.6. The third-order valence-electron chi connectivity index (χ3n) is 2.13. The maximum Gasteiger partial charge on any atom is 0.328 e. The van der Waals surface area contributed by atoms with Gasteiger partial charge in [-0.3, -0.25) is 19.8 Å². The predicted molar refractivity (Wildman–Crippen MR) is 63.0 cm³/mol. The molecule has 3 N–H and O–H groups in total. The summed E-state index contributed by atoms with van der Waals surface area (Å²) in [6.45, 7) is 0. The molecule has 0 spiro atoms. The zero-order valence-corrected chi connectivity index (χ0v) is 8.98. The van der Waals surface area contributed by atoms with Crippen molar-refractivity contribution in [1.29, 1.82) is 0 Å². The number of rotatable bonds is 2. The summed E-state index contributed by atoms with van der Waals surface area (Å²) in [5.41, 5.74) is -1.35. The monoisotopic (exact) mass is 249 g/mol. The Hall–Kier alpha value is -2.70. The van der Waals surface area contributed by atoms with Crippen LogP contribution in [-0.2, 0) is 0 Å². The minimum Gasteiger partial charge on any atom is -0.494 e. The van der Waals surface area contributed by atoms with Crippen molar-refractivity contribution >= 4 is 11.9 Å². The van der Waals surface area contributed by atoms with E-state index in [0.29, 0.717) is 5.69 Å². The first-order valence-corrected chi connectivity index (χ1v) is 4.91. The Kier molecular flexibility index (Phi) is 3.05. The molecule has 1 aromatic heterocycles. The molecule has 0 aliphatic rings. The van der Waals surface area contributed by atoms with Crippen LogP contribution in [0.3, 0.4) is 0 Å². The molecule has 0 unspecified atom stereocenters. The Labute approximate surface area is 99.5 Å². The van der Waals surface area contributed by atoms with Crippen LogP contribution in [0.5, 0.6) is 5.88 Å². The molecule has 0 bridgehead atoms. The van der Waals surface area contributed by atoms with Gasteiger partial charge in [0.05, 0.1) is 5.69 Å². The smallest absolute Gasteiger partial charge is 0.328 e. The van der Waals surface area contributed by atoms with Crippen molar-refractivity contribution < 1.29 is 9.50 Å². The van der Waals surface area contributed by atoms with E-state index in [-0.39, 0.29) is 5.56 Å². The number of nitrogens with one attached hydrogen (secondary N) is 2. The highest BCUT2D eigenvalue weighted by Gasteiger charge is 2.05. The van der Waals surface area contributed by atoms with Crippen molar-refractivity contribution in [3.8, 4) is 5.88 Å². The number of aromatic hydroxyl groups is 1. The molecule has 1 heterocycles. The van der Waals surface area contributed by atoms with Gasteiger partial charge < -0.3 is 5.11 Å². The summed E-state index contributed by atoms with van der Waals surface area (Å²) < 4.78 is 12.6. The number of benzene rings is 1. The average Bonchev–Trinajstić information content (AvgIpc) is 2.30. The van der Waals surface area contributed by atoms with Gasteiger partial charge in [-0.05, 0) is 24.3 Å². The zero-order valence-electron chi connectivity index (χ0n) is 8.98. The molecule has 0 aliphatic carbocycles. The largest absolute Gasteiger partial charge is 0.494 e. The van der Waals surface area contributed by atoms with Gasteiger partial charge in [0.15, 0.2) is 0 Å². The normalized spacial score (nSPS) is 10.9. The third kappa shape index (κ3) is 2.51. The summed E-state index contributed by atoms with van der Waals surface area (Å²) in [5.74, 6) is -0.978. The topological polar surface area (TPSA) is 98.3 Å². The van der Waals surface area contributed by atoms with Gasteiger partial charge >= 0.3 is 5.69 Å². The highest BCUT2D eigenvalue weighted by molar-refractivity contribution is 5.83. The lowest BCUT2D eigenvalue weighted by atomic mass is 10.3. The molecular formula is C11H8FN3O3. The number of nitrogens with zero attached hydrogens (tertiary/aromatic N) is 1. The van der Waals surface area contributed by atoms with E-state index in [2.05, 4.69) is 4.99 Å². The van der Waals surface area contributed by atoms with Crippen LogP contribution in [0, 0.1) is 5.82 Å². The van der Waals surface area contributed by atoms with E-state index in [4.69, 9.17) is 0 Å². The second-order valence-corrected chi connectivity index (χ2v) is 3.41. The quantitative estimate of drug-likeness (QED) is 0.682. The first kappa shape index (κ1) is 11.8. The van der Waals surface area contributed by atoms with Crippen LogP contribution in [0.15, 0.2) is 38.8 Å². The summed E-state index contributed by atoms with van der Waals surface area (Å²) in [6.07, 6.45) is 1.08. The average molecular weight is 249 g/mol. The Morgan fingerprint density at radius 3 is 2.44 bits per heavy atom. The summed E-state index contributed by atoms with van der Waals surface area (Å²) in [4.78, 5) is 30.0. The number of H-pyrrole nitrogens is 2. The van der Waals surface area contributed by atoms with Crippen LogP contribution in [0.1, 0.15) is 5.56 Å². The van der Waals surface area contributed by atoms with E-state index in [1.165, 1.54) is 24.3 Å². The van der Waals surface area contributed by atoms with Gasteiger partial charge in [-0.15, -0.1) is 0 Å². The number of aromatic nitrogens is 2. The van der Waals surface area contributed by atoms with Crippen molar-refractivity contribution in [2.75, 3.05) is 0 Å².